The zero-order chi connectivity index (χ0) is 17.9. The number of halogens is 3. The third-order valence-electron chi connectivity index (χ3n) is 3.05. The lowest BCUT2D eigenvalue weighted by molar-refractivity contribution is 0.233. The van der Waals surface area contributed by atoms with Crippen LogP contribution in [0.15, 0.2) is 41.3 Å². The lowest BCUT2D eigenvalue weighted by atomic mass is 10.2. The van der Waals surface area contributed by atoms with Crippen LogP contribution in [0.5, 0.6) is 11.5 Å². The molecule has 0 radical (unpaired) electrons. The van der Waals surface area contributed by atoms with E-state index in [4.69, 9.17) is 21.6 Å². The minimum Gasteiger partial charge on any atom is -0.456 e. The van der Waals surface area contributed by atoms with E-state index in [0.717, 1.165) is 12.1 Å². The van der Waals surface area contributed by atoms with Crippen molar-refractivity contribution in [2.24, 2.45) is 0 Å². The smallest absolute Gasteiger partial charge is 0.341 e. The van der Waals surface area contributed by atoms with Crippen molar-refractivity contribution >= 4 is 21.4 Å². The van der Waals surface area contributed by atoms with E-state index in [0.29, 0.717) is 5.56 Å². The number of nitriles is 1. The highest BCUT2D eigenvalue weighted by Gasteiger charge is 2.31. The lowest BCUT2D eigenvalue weighted by Crippen LogP contribution is -2.14. The summed E-state index contributed by atoms with van der Waals surface area (Å²) in [6.45, 7) is -0.866. The normalized spacial score (nSPS) is 11.3. The maximum Gasteiger partial charge on any atom is 0.341 e. The molecule has 0 atom stereocenters. The zero-order valence-electron chi connectivity index (χ0n) is 11.9. The van der Waals surface area contributed by atoms with E-state index in [1.165, 1.54) is 12.1 Å². The number of ether oxygens (including phenoxy) is 1. The molecule has 126 valence electrons. The molecule has 0 aromatic heterocycles. The van der Waals surface area contributed by atoms with Crippen LogP contribution in [0.1, 0.15) is 11.1 Å². The molecule has 2 aromatic rings. The van der Waals surface area contributed by atoms with Crippen molar-refractivity contribution in [3.63, 3.8) is 0 Å². The number of hydrogen-bond donors (Lipinski definition) is 1. The average Bonchev–Trinajstić information content (AvgIpc) is 2.56. The van der Waals surface area contributed by atoms with Gasteiger partial charge in [-0.2, -0.15) is 14.0 Å². The van der Waals surface area contributed by atoms with Gasteiger partial charge < -0.3 is 9.84 Å². The number of aliphatic hydroxyl groups is 1. The maximum absolute atomic E-state index is 12.7. The average molecular weight is 374 g/mol. The molecule has 0 bridgehead atoms. The largest absolute Gasteiger partial charge is 0.456 e. The Bertz CT molecular complexity index is 910. The summed E-state index contributed by atoms with van der Waals surface area (Å²) in [4.78, 5) is -0.761. The molecule has 0 aliphatic rings. The molecule has 0 fully saturated rings. The van der Waals surface area contributed by atoms with E-state index in [9.17, 15) is 22.3 Å². The lowest BCUT2D eigenvalue weighted by Gasteiger charge is -2.14. The first kappa shape index (κ1) is 18.1. The number of benzene rings is 2. The summed E-state index contributed by atoms with van der Waals surface area (Å²) in [7, 11) is -4.92. The fourth-order valence-electron chi connectivity index (χ4n) is 1.93. The number of alkyl halides is 2. The van der Waals surface area contributed by atoms with Crippen LogP contribution in [0.25, 0.3) is 0 Å². The van der Waals surface area contributed by atoms with Gasteiger partial charge in [-0.05, 0) is 30.3 Å². The first-order chi connectivity index (χ1) is 11.3. The number of nitrogens with zero attached hydrogens (tertiary/aromatic N) is 1. The summed E-state index contributed by atoms with van der Waals surface area (Å²) in [6.07, 6.45) is 0. The van der Waals surface area contributed by atoms with Gasteiger partial charge in [0, 0.05) is 5.56 Å². The van der Waals surface area contributed by atoms with E-state index in [1.807, 2.05) is 6.07 Å². The van der Waals surface area contributed by atoms with Gasteiger partial charge in [0.15, 0.2) is 0 Å². The quantitative estimate of drug-likeness (QED) is 0.866. The van der Waals surface area contributed by atoms with Crippen LogP contribution in [0, 0.1) is 11.3 Å². The third kappa shape index (κ3) is 3.48. The first-order valence-electron chi connectivity index (χ1n) is 6.43. The van der Waals surface area contributed by atoms with Crippen LogP contribution in [-0.4, -0.2) is 19.3 Å². The van der Waals surface area contributed by atoms with Gasteiger partial charge in [0.25, 0.3) is 0 Å². The van der Waals surface area contributed by atoms with E-state index in [2.05, 4.69) is 0 Å². The molecular weight excluding hydrogens is 364 g/mol. The summed E-state index contributed by atoms with van der Waals surface area (Å²) in [5.41, 5.74) is -0.0613. The van der Waals surface area contributed by atoms with Crippen molar-refractivity contribution in [1.29, 1.82) is 5.26 Å². The SMILES string of the molecule is N#Cc1cccc(Oc2ccc(S(=O)(=O)C(F)F)c(CO)c2Cl)c1. The van der Waals surface area contributed by atoms with Gasteiger partial charge in [0.05, 0.1) is 28.2 Å². The molecule has 2 aromatic carbocycles. The molecule has 0 amide bonds. The molecule has 0 aliphatic carbocycles. The Kier molecular flexibility index (Phi) is 5.39. The number of sulfone groups is 1. The van der Waals surface area contributed by atoms with Gasteiger partial charge in [-0.15, -0.1) is 0 Å². The highest BCUT2D eigenvalue weighted by molar-refractivity contribution is 7.91. The Balaban J connectivity index is 2.49. The highest BCUT2D eigenvalue weighted by atomic mass is 35.5. The minimum atomic E-state index is -4.92. The summed E-state index contributed by atoms with van der Waals surface area (Å²) in [5, 5.41) is 17.9. The second-order valence-corrected chi connectivity index (χ2v) is 6.82. The van der Waals surface area contributed by atoms with Gasteiger partial charge in [0.1, 0.15) is 11.5 Å². The van der Waals surface area contributed by atoms with E-state index < -0.39 is 27.1 Å². The van der Waals surface area contributed by atoms with Gasteiger partial charge >= 0.3 is 5.76 Å². The molecule has 9 heteroatoms. The molecule has 0 saturated heterocycles. The molecule has 2 rings (SSSR count). The number of aliphatic hydroxyl groups excluding tert-OH is 1. The fraction of sp³-hybridized carbons (Fsp3) is 0.133. The zero-order valence-corrected chi connectivity index (χ0v) is 13.5. The summed E-state index contributed by atoms with van der Waals surface area (Å²) in [6, 6.07) is 9.96. The Morgan fingerprint density at radius 3 is 2.58 bits per heavy atom. The molecule has 5 nitrogen and oxygen atoms in total. The monoisotopic (exact) mass is 373 g/mol. The van der Waals surface area contributed by atoms with Crippen molar-refractivity contribution < 1.29 is 27.0 Å². The predicted octanol–water partition coefficient (Wildman–Crippen LogP) is 3.49. The Hall–Kier alpha value is -2.21. The summed E-state index contributed by atoms with van der Waals surface area (Å²) < 4.78 is 54.1. The van der Waals surface area contributed by atoms with Crippen LogP contribution >= 0.6 is 11.6 Å². The molecule has 24 heavy (non-hydrogen) atoms. The molecule has 0 unspecified atom stereocenters. The van der Waals surface area contributed by atoms with E-state index in [-0.39, 0.29) is 22.1 Å². The maximum atomic E-state index is 12.7. The third-order valence-corrected chi connectivity index (χ3v) is 4.93. The highest BCUT2D eigenvalue weighted by Crippen LogP contribution is 2.37. The van der Waals surface area contributed by atoms with Crippen molar-refractivity contribution in [3.8, 4) is 17.6 Å². The first-order valence-corrected chi connectivity index (χ1v) is 8.36. The van der Waals surface area contributed by atoms with E-state index >= 15 is 0 Å². The molecule has 0 aliphatic heterocycles. The Morgan fingerprint density at radius 1 is 1.29 bits per heavy atom. The second kappa shape index (κ2) is 7.13. The van der Waals surface area contributed by atoms with Gasteiger partial charge in [0.2, 0.25) is 9.84 Å². The summed E-state index contributed by atoms with van der Waals surface area (Å²) >= 11 is 5.99. The van der Waals surface area contributed by atoms with Crippen molar-refractivity contribution in [2.45, 2.75) is 17.3 Å². The molecular formula is C15H10ClF2NO4S. The molecule has 0 saturated carbocycles. The molecule has 0 spiro atoms. The molecule has 0 heterocycles. The van der Waals surface area contributed by atoms with Crippen LogP contribution in [0.3, 0.4) is 0 Å². The van der Waals surface area contributed by atoms with Gasteiger partial charge in [-0.3, -0.25) is 0 Å². The standard InChI is InChI=1S/C15H10ClF2NO4S/c16-14-11(8-20)13(24(21,22)15(17)18)5-4-12(14)23-10-3-1-2-9(6-10)7-19/h1-6,15,20H,8H2. The van der Waals surface area contributed by atoms with Crippen molar-refractivity contribution in [3.05, 3.63) is 52.5 Å². The Labute approximate surface area is 141 Å². The Morgan fingerprint density at radius 2 is 2.00 bits per heavy atom. The van der Waals surface area contributed by atoms with Crippen LogP contribution in [0.4, 0.5) is 8.78 Å². The van der Waals surface area contributed by atoms with Crippen molar-refractivity contribution in [2.75, 3.05) is 0 Å². The number of rotatable bonds is 5. The van der Waals surface area contributed by atoms with E-state index in [1.54, 1.807) is 12.1 Å². The molecule has 1 N–H and O–H groups in total. The fourth-order valence-corrected chi connectivity index (χ4v) is 3.21. The number of hydrogen-bond acceptors (Lipinski definition) is 5. The van der Waals surface area contributed by atoms with Gasteiger partial charge in [-0.1, -0.05) is 17.7 Å². The van der Waals surface area contributed by atoms with Crippen LogP contribution < -0.4 is 4.74 Å². The second-order valence-electron chi connectivity index (χ2n) is 4.56. The minimum absolute atomic E-state index is 0.0379. The van der Waals surface area contributed by atoms with Crippen molar-refractivity contribution in [1.82, 2.24) is 0 Å². The predicted molar refractivity (Wildman–Crippen MR) is 81.8 cm³/mol. The van der Waals surface area contributed by atoms with Crippen LogP contribution in [0.2, 0.25) is 5.02 Å². The topological polar surface area (TPSA) is 87.4 Å². The van der Waals surface area contributed by atoms with Gasteiger partial charge in [-0.25, -0.2) is 8.42 Å². The van der Waals surface area contributed by atoms with Crippen LogP contribution in [-0.2, 0) is 16.4 Å². The summed E-state index contributed by atoms with van der Waals surface area (Å²) in [5.74, 6) is -3.44.